The first-order valence-electron chi connectivity index (χ1n) is 11.5. The van der Waals surface area contributed by atoms with Crippen LogP contribution in [-0.2, 0) is 14.3 Å². The van der Waals surface area contributed by atoms with Gasteiger partial charge in [0, 0.05) is 19.5 Å². The highest BCUT2D eigenvalue weighted by Gasteiger charge is 2.17. The highest BCUT2D eigenvalue weighted by molar-refractivity contribution is 5.70. The van der Waals surface area contributed by atoms with Gasteiger partial charge in [0.2, 0.25) is 0 Å². The first-order chi connectivity index (χ1) is 14.0. The third kappa shape index (κ3) is 14.3. The summed E-state index contributed by atoms with van der Waals surface area (Å²) in [6.45, 7) is 13.0. The van der Waals surface area contributed by atoms with Crippen LogP contribution in [0.3, 0.4) is 0 Å². The Bertz CT molecular complexity index is 437. The van der Waals surface area contributed by atoms with Gasteiger partial charge in [0.05, 0.1) is 0 Å². The molecule has 6 nitrogen and oxygen atoms in total. The molecule has 0 aromatic heterocycles. The van der Waals surface area contributed by atoms with Gasteiger partial charge >= 0.3 is 12.1 Å². The second-order valence-electron chi connectivity index (χ2n) is 8.06. The van der Waals surface area contributed by atoms with E-state index in [1.807, 2.05) is 0 Å². The van der Waals surface area contributed by atoms with E-state index in [-0.39, 0.29) is 18.5 Å². The van der Waals surface area contributed by atoms with E-state index in [1.54, 1.807) is 0 Å². The van der Waals surface area contributed by atoms with Crippen LogP contribution in [0.2, 0.25) is 0 Å². The number of alkyl carbamates (subject to hydrolysis) is 1. The topological polar surface area (TPSA) is 67.9 Å². The van der Waals surface area contributed by atoms with E-state index < -0.39 is 12.2 Å². The van der Waals surface area contributed by atoms with Crippen LogP contribution in [0.5, 0.6) is 0 Å². The first-order valence-corrected chi connectivity index (χ1v) is 11.5. The van der Waals surface area contributed by atoms with Crippen LogP contribution in [0.4, 0.5) is 4.79 Å². The Morgan fingerprint density at radius 2 is 1.66 bits per heavy atom. The SMILES string of the molecule is [CH2]C([CH2])OC(=O)CCC(CCCCCCCC)OC(=O)NCCN1CCCCC1. The lowest BCUT2D eigenvalue weighted by Gasteiger charge is -2.26. The molecule has 0 aromatic rings. The van der Waals surface area contributed by atoms with Crippen molar-refractivity contribution in [2.75, 3.05) is 26.2 Å². The standard InChI is InChI=1S/C23H42N2O4/c1-4-5-6-7-8-10-13-21(14-15-22(26)28-20(2)3)29-23(27)24-16-19-25-17-11-9-12-18-25/h20-21H,2-19H2,1H3,(H,24,27). The molecular weight excluding hydrogens is 368 g/mol. The lowest BCUT2D eigenvalue weighted by atomic mass is 10.0. The molecule has 0 saturated carbocycles. The minimum Gasteiger partial charge on any atom is -0.462 e. The number of hydrogen-bond donors (Lipinski definition) is 1. The number of hydrogen-bond acceptors (Lipinski definition) is 5. The number of carbonyl (C=O) groups is 2. The molecule has 1 atom stereocenters. The van der Waals surface area contributed by atoms with E-state index in [2.05, 4.69) is 31.0 Å². The quantitative estimate of drug-likeness (QED) is 0.314. The summed E-state index contributed by atoms with van der Waals surface area (Å²) in [5.41, 5.74) is 0. The monoisotopic (exact) mass is 410 g/mol. The Kier molecular flexibility index (Phi) is 14.6. The van der Waals surface area contributed by atoms with Gasteiger partial charge < -0.3 is 19.7 Å². The van der Waals surface area contributed by atoms with Crippen LogP contribution in [0.1, 0.15) is 84.0 Å². The van der Waals surface area contributed by atoms with Gasteiger partial charge in [0.1, 0.15) is 12.2 Å². The van der Waals surface area contributed by atoms with E-state index >= 15 is 0 Å². The van der Waals surface area contributed by atoms with Crippen molar-refractivity contribution >= 4 is 12.1 Å². The molecule has 0 spiro atoms. The Balaban J connectivity index is 2.31. The molecule has 0 aromatic carbocycles. The fourth-order valence-corrected chi connectivity index (χ4v) is 3.63. The third-order valence-corrected chi connectivity index (χ3v) is 5.27. The highest BCUT2D eigenvalue weighted by atomic mass is 16.6. The summed E-state index contributed by atoms with van der Waals surface area (Å²) in [6, 6.07) is 0. The van der Waals surface area contributed by atoms with Crippen LogP contribution < -0.4 is 5.32 Å². The molecule has 29 heavy (non-hydrogen) atoms. The third-order valence-electron chi connectivity index (χ3n) is 5.27. The van der Waals surface area contributed by atoms with Gasteiger partial charge in [-0.1, -0.05) is 45.4 Å². The number of unbranched alkanes of at least 4 members (excludes halogenated alkanes) is 5. The number of carbonyl (C=O) groups excluding carboxylic acids is 2. The Morgan fingerprint density at radius 1 is 0.966 bits per heavy atom. The summed E-state index contributed by atoms with van der Waals surface area (Å²) >= 11 is 0. The lowest BCUT2D eigenvalue weighted by molar-refractivity contribution is -0.146. The smallest absolute Gasteiger partial charge is 0.407 e. The predicted molar refractivity (Wildman–Crippen MR) is 116 cm³/mol. The second kappa shape index (κ2) is 16.5. The molecule has 1 N–H and O–H groups in total. The average molecular weight is 411 g/mol. The molecule has 2 radical (unpaired) electrons. The van der Waals surface area contributed by atoms with Crippen molar-refractivity contribution < 1.29 is 19.1 Å². The Labute approximate surface area is 178 Å². The van der Waals surface area contributed by atoms with Crippen LogP contribution in [0.15, 0.2) is 0 Å². The molecule has 1 rings (SSSR count). The predicted octanol–water partition coefficient (Wildman–Crippen LogP) is 4.68. The van der Waals surface area contributed by atoms with Gasteiger partial charge in [-0.3, -0.25) is 4.79 Å². The Hall–Kier alpha value is -1.30. The van der Waals surface area contributed by atoms with E-state index in [0.717, 1.165) is 38.9 Å². The van der Waals surface area contributed by atoms with Crippen LogP contribution >= 0.6 is 0 Å². The van der Waals surface area contributed by atoms with Gasteiger partial charge in [-0.25, -0.2) is 4.79 Å². The van der Waals surface area contributed by atoms with E-state index in [4.69, 9.17) is 9.47 Å². The number of piperidine rings is 1. The fourth-order valence-electron chi connectivity index (χ4n) is 3.63. The average Bonchev–Trinajstić information content (AvgIpc) is 2.69. The maximum absolute atomic E-state index is 12.2. The van der Waals surface area contributed by atoms with E-state index in [9.17, 15) is 9.59 Å². The molecule has 0 aliphatic carbocycles. The van der Waals surface area contributed by atoms with Crippen molar-refractivity contribution in [1.29, 1.82) is 0 Å². The summed E-state index contributed by atoms with van der Waals surface area (Å²) in [7, 11) is 0. The molecule has 6 heteroatoms. The zero-order valence-corrected chi connectivity index (χ0v) is 18.5. The molecule has 1 amide bonds. The zero-order valence-electron chi connectivity index (χ0n) is 18.5. The highest BCUT2D eigenvalue weighted by Crippen LogP contribution is 2.15. The van der Waals surface area contributed by atoms with Crippen molar-refractivity contribution in [2.24, 2.45) is 0 Å². The van der Waals surface area contributed by atoms with Gasteiger partial charge in [-0.05, 0) is 59.0 Å². The molecule has 1 unspecified atom stereocenters. The molecule has 0 bridgehead atoms. The van der Waals surface area contributed by atoms with Crippen molar-refractivity contribution in [2.45, 2.75) is 96.2 Å². The summed E-state index contributed by atoms with van der Waals surface area (Å²) in [6.07, 6.45) is 11.0. The number of nitrogens with one attached hydrogen (secondary N) is 1. The summed E-state index contributed by atoms with van der Waals surface area (Å²) in [5.74, 6) is -0.345. The summed E-state index contributed by atoms with van der Waals surface area (Å²) < 4.78 is 10.6. The molecule has 168 valence electrons. The Morgan fingerprint density at radius 3 is 2.34 bits per heavy atom. The maximum atomic E-state index is 12.2. The molecule has 1 aliphatic rings. The second-order valence-corrected chi connectivity index (χ2v) is 8.06. The van der Waals surface area contributed by atoms with Gasteiger partial charge in [-0.2, -0.15) is 0 Å². The van der Waals surface area contributed by atoms with E-state index in [0.29, 0.717) is 13.0 Å². The lowest BCUT2D eigenvalue weighted by Crippen LogP contribution is -2.38. The minimum absolute atomic E-state index is 0.211. The number of ether oxygens (including phenoxy) is 2. The maximum Gasteiger partial charge on any atom is 0.407 e. The number of likely N-dealkylation sites (tertiary alicyclic amines) is 1. The first kappa shape index (κ1) is 25.7. The van der Waals surface area contributed by atoms with Crippen molar-refractivity contribution in [3.63, 3.8) is 0 Å². The minimum atomic E-state index is -0.612. The molecule has 1 aliphatic heterocycles. The van der Waals surface area contributed by atoms with Crippen LogP contribution in [0.25, 0.3) is 0 Å². The largest absolute Gasteiger partial charge is 0.462 e. The van der Waals surface area contributed by atoms with Crippen molar-refractivity contribution in [3.05, 3.63) is 13.8 Å². The van der Waals surface area contributed by atoms with E-state index in [1.165, 1.54) is 44.9 Å². The van der Waals surface area contributed by atoms with Gasteiger partial charge in [0.25, 0.3) is 0 Å². The summed E-state index contributed by atoms with van der Waals surface area (Å²) in [5, 5.41) is 2.86. The van der Waals surface area contributed by atoms with Gasteiger partial charge in [-0.15, -0.1) is 0 Å². The number of nitrogens with zero attached hydrogens (tertiary/aromatic N) is 1. The molecular formula is C23H42N2O4. The van der Waals surface area contributed by atoms with Gasteiger partial charge in [0.15, 0.2) is 0 Å². The number of rotatable bonds is 15. The normalized spacial score (nSPS) is 15.9. The molecule has 1 fully saturated rings. The van der Waals surface area contributed by atoms with Crippen molar-refractivity contribution in [1.82, 2.24) is 10.2 Å². The number of esters is 1. The van der Waals surface area contributed by atoms with Crippen molar-refractivity contribution in [3.8, 4) is 0 Å². The fraction of sp³-hybridized carbons (Fsp3) is 0.826. The molecule has 1 saturated heterocycles. The van der Waals surface area contributed by atoms with Crippen LogP contribution in [0, 0.1) is 13.8 Å². The number of amides is 1. The zero-order chi connectivity index (χ0) is 21.3. The summed E-state index contributed by atoms with van der Waals surface area (Å²) in [4.78, 5) is 26.4. The van der Waals surface area contributed by atoms with Crippen LogP contribution in [-0.4, -0.2) is 55.3 Å². The molecule has 1 heterocycles.